The van der Waals surface area contributed by atoms with E-state index in [2.05, 4.69) is 0 Å². The lowest BCUT2D eigenvalue weighted by atomic mass is 9.80. The Hall–Kier alpha value is -5.30. The van der Waals surface area contributed by atoms with E-state index in [1.807, 2.05) is 0 Å². The molecule has 0 aromatic heterocycles. The fraction of sp³-hybridized carbons (Fsp3) is 0.526. The van der Waals surface area contributed by atoms with Crippen LogP contribution in [0.1, 0.15) is 64.9 Å². The van der Waals surface area contributed by atoms with Gasteiger partial charge in [-0.3, -0.25) is 28.8 Å². The third-order valence-corrected chi connectivity index (χ3v) is 9.17. The summed E-state index contributed by atoms with van der Waals surface area (Å²) in [5.74, 6) is -4.09. The van der Waals surface area contributed by atoms with Crippen molar-refractivity contribution >= 4 is 35.8 Å². The molecule has 3 heterocycles. The summed E-state index contributed by atoms with van der Waals surface area (Å²) in [5, 5.41) is 0. The monoisotopic (exact) mass is 788 g/mol. The van der Waals surface area contributed by atoms with Gasteiger partial charge in [0.15, 0.2) is 47.6 Å². The predicted octanol–water partition coefficient (Wildman–Crippen LogP) is 2.85. The first-order valence-electron chi connectivity index (χ1n) is 17.5. The molecule has 0 amide bonds. The summed E-state index contributed by atoms with van der Waals surface area (Å²) in [6.45, 7) is 6.41. The predicted molar refractivity (Wildman–Crippen MR) is 185 cm³/mol. The van der Waals surface area contributed by atoms with Crippen LogP contribution < -0.4 is 18.9 Å². The van der Waals surface area contributed by atoms with Gasteiger partial charge in [-0.2, -0.15) is 0 Å². The maximum Gasteiger partial charge on any atom is 0.308 e. The van der Waals surface area contributed by atoms with Crippen molar-refractivity contribution in [2.24, 2.45) is 5.92 Å². The summed E-state index contributed by atoms with van der Waals surface area (Å²) < 4.78 is 70.1. The highest BCUT2D eigenvalue weighted by atomic mass is 16.8. The molecule has 3 saturated heterocycles. The fourth-order valence-corrected chi connectivity index (χ4v) is 7.12. The third kappa shape index (κ3) is 9.21. The van der Waals surface area contributed by atoms with Gasteiger partial charge in [0.05, 0.1) is 33.5 Å². The first-order valence-corrected chi connectivity index (χ1v) is 17.5. The number of ether oxygens (including phenoxy) is 12. The molecule has 2 aromatic rings. The van der Waals surface area contributed by atoms with Gasteiger partial charge in [-0.05, 0) is 35.4 Å². The van der Waals surface area contributed by atoms with Crippen LogP contribution in [0.2, 0.25) is 0 Å². The first-order chi connectivity index (χ1) is 26.6. The zero-order valence-electron chi connectivity index (χ0n) is 32.1. The number of carbonyl (C=O) groups excluding carboxylic acids is 6. The van der Waals surface area contributed by atoms with Gasteiger partial charge in [-0.1, -0.05) is 12.1 Å². The summed E-state index contributed by atoms with van der Waals surface area (Å²) >= 11 is 0. The van der Waals surface area contributed by atoms with Crippen molar-refractivity contribution < 1.29 is 85.6 Å². The maximum atomic E-state index is 12.6. The van der Waals surface area contributed by atoms with Crippen molar-refractivity contribution in [2.45, 2.75) is 90.1 Å². The number of rotatable bonds is 13. The van der Waals surface area contributed by atoms with E-state index in [0.717, 1.165) is 27.7 Å². The van der Waals surface area contributed by atoms with Gasteiger partial charge >= 0.3 is 35.8 Å². The average molecular weight is 789 g/mol. The topological polar surface area (TPSA) is 213 Å². The summed E-state index contributed by atoms with van der Waals surface area (Å²) in [4.78, 5) is 73.0. The van der Waals surface area contributed by atoms with Gasteiger partial charge in [-0.25, -0.2) is 0 Å². The molecule has 304 valence electrons. The van der Waals surface area contributed by atoms with Crippen LogP contribution in [0, 0.1) is 5.92 Å². The third-order valence-electron chi connectivity index (χ3n) is 9.17. The summed E-state index contributed by atoms with van der Waals surface area (Å²) in [5.41, 5.74) is -0.399. The minimum atomic E-state index is -1.59. The smallest absolute Gasteiger partial charge is 0.308 e. The molecule has 18 heteroatoms. The molecule has 0 aliphatic carbocycles. The molecule has 3 aliphatic heterocycles. The summed E-state index contributed by atoms with van der Waals surface area (Å²) in [7, 11) is 2.82. The number of esters is 6. The second-order valence-electron chi connectivity index (χ2n) is 13.2. The fourth-order valence-electron chi connectivity index (χ4n) is 7.12. The van der Waals surface area contributed by atoms with E-state index in [1.54, 1.807) is 30.3 Å². The van der Waals surface area contributed by atoms with Crippen LogP contribution in [0.3, 0.4) is 0 Å². The Morgan fingerprint density at radius 2 is 1.18 bits per heavy atom. The molecule has 0 unspecified atom stereocenters. The second kappa shape index (κ2) is 17.7. The molecule has 0 spiro atoms. The molecule has 0 radical (unpaired) electrons. The lowest BCUT2D eigenvalue weighted by molar-refractivity contribution is -0.337. The minimum Gasteiger partial charge on any atom is -0.493 e. The van der Waals surface area contributed by atoms with Gasteiger partial charge in [0.2, 0.25) is 0 Å². The Labute approximate surface area is 321 Å². The molecule has 56 heavy (non-hydrogen) atoms. The van der Waals surface area contributed by atoms with E-state index in [9.17, 15) is 28.8 Å². The molecule has 9 atom stereocenters. The average Bonchev–Trinajstić information content (AvgIpc) is 3.66. The van der Waals surface area contributed by atoms with Crippen molar-refractivity contribution in [3.8, 4) is 23.0 Å². The zero-order chi connectivity index (χ0) is 40.9. The lowest BCUT2D eigenvalue weighted by Gasteiger charge is -2.47. The number of hydrogen-bond acceptors (Lipinski definition) is 18. The Morgan fingerprint density at radius 3 is 1.71 bits per heavy atom. The van der Waals surface area contributed by atoms with E-state index >= 15 is 0 Å². The Kier molecular flexibility index (Phi) is 13.2. The highest BCUT2D eigenvalue weighted by Crippen LogP contribution is 2.57. The number of hydrogen-bond donors (Lipinski definition) is 0. The summed E-state index contributed by atoms with van der Waals surface area (Å²) in [6, 6.07) is 9.69. The Bertz CT molecular complexity index is 1830. The van der Waals surface area contributed by atoms with Crippen molar-refractivity contribution in [3.63, 3.8) is 0 Å². The van der Waals surface area contributed by atoms with Gasteiger partial charge < -0.3 is 56.8 Å². The van der Waals surface area contributed by atoms with Crippen molar-refractivity contribution in [1.29, 1.82) is 0 Å². The van der Waals surface area contributed by atoms with Crippen LogP contribution in [-0.2, 0) is 66.7 Å². The summed E-state index contributed by atoms with van der Waals surface area (Å²) in [6.07, 6.45) is -9.06. The molecule has 0 N–H and O–H groups in total. The van der Waals surface area contributed by atoms with Crippen LogP contribution in [0.4, 0.5) is 0 Å². The number of methoxy groups -OCH3 is 2. The van der Waals surface area contributed by atoms with Gasteiger partial charge in [0.1, 0.15) is 24.4 Å². The molecule has 3 fully saturated rings. The molecule has 18 nitrogen and oxygen atoms in total. The molecular weight excluding hydrogens is 744 g/mol. The van der Waals surface area contributed by atoms with E-state index in [-0.39, 0.29) is 36.2 Å². The van der Waals surface area contributed by atoms with Gasteiger partial charge in [-0.15, -0.1) is 0 Å². The molecule has 0 bridgehead atoms. The van der Waals surface area contributed by atoms with E-state index in [1.165, 1.54) is 34.1 Å². The van der Waals surface area contributed by atoms with Crippen LogP contribution in [-0.4, -0.2) is 106 Å². The quantitative estimate of drug-likeness (QED) is 0.162. The largest absolute Gasteiger partial charge is 0.493 e. The Balaban J connectivity index is 1.64. The molecule has 2 aromatic carbocycles. The van der Waals surface area contributed by atoms with Crippen molar-refractivity contribution in [2.75, 3.05) is 34.0 Å². The second-order valence-corrected chi connectivity index (χ2v) is 13.2. The number of fused-ring (bicyclic) bond motifs is 1. The SMILES string of the molecule is COc1cc([C@H]2OC[C@]3(O[C@@H]4O[C@H](COC(C)=O)[C@@H](OC(C)=O)[C@H](OC(C)=O)[C@H]4OC(C)=O)[C@@H](c4ccc(OC(C)=O)c(OC)c4)OC[C@H]23)ccc1OC(C)=O. The van der Waals surface area contributed by atoms with Crippen LogP contribution in [0.25, 0.3) is 0 Å². The zero-order valence-corrected chi connectivity index (χ0v) is 32.1. The molecular formula is C38H44O18. The minimum absolute atomic E-state index is 0.0304. The lowest BCUT2D eigenvalue weighted by Crippen LogP contribution is -2.64. The Morgan fingerprint density at radius 1 is 0.643 bits per heavy atom. The van der Waals surface area contributed by atoms with Gasteiger partial charge in [0, 0.05) is 47.5 Å². The van der Waals surface area contributed by atoms with Crippen molar-refractivity contribution in [3.05, 3.63) is 47.5 Å². The highest BCUT2D eigenvalue weighted by Gasteiger charge is 2.65. The molecule has 3 aliphatic rings. The number of carbonyl (C=O) groups is 6. The molecule has 0 saturated carbocycles. The van der Waals surface area contributed by atoms with E-state index < -0.39 is 96.9 Å². The first kappa shape index (κ1) is 41.9. The van der Waals surface area contributed by atoms with Crippen LogP contribution >= 0.6 is 0 Å². The molecule has 5 rings (SSSR count). The highest BCUT2D eigenvalue weighted by molar-refractivity contribution is 5.71. The van der Waals surface area contributed by atoms with E-state index in [4.69, 9.17) is 56.8 Å². The standard InChI is InChI=1S/C38H44O18/c1-18(39)47-16-31-33(52-21(4)42)34(53-22(5)43)35(54-23(6)44)37(55-31)56-38-17-49-32(24-9-11-27(50-19(2)40)29(13-24)45-7)26(38)15-48-36(38)25-10-12-28(51-20(3)41)30(14-25)46-8/h9-14,26,31-37H,15-17H2,1-8H3/t26-,31-,32-,33-,34+,35-,36-,37+,38-/m1/s1. The van der Waals surface area contributed by atoms with Crippen LogP contribution in [0.5, 0.6) is 23.0 Å². The van der Waals surface area contributed by atoms with E-state index in [0.29, 0.717) is 11.1 Å². The van der Waals surface area contributed by atoms with Gasteiger partial charge in [0.25, 0.3) is 0 Å². The normalized spacial score (nSPS) is 27.9. The van der Waals surface area contributed by atoms with Crippen LogP contribution in [0.15, 0.2) is 36.4 Å². The number of benzene rings is 2. The maximum absolute atomic E-state index is 12.6. The van der Waals surface area contributed by atoms with Crippen molar-refractivity contribution in [1.82, 2.24) is 0 Å².